The summed E-state index contributed by atoms with van der Waals surface area (Å²) in [5, 5.41) is 3.92. The van der Waals surface area contributed by atoms with Crippen molar-refractivity contribution in [3.05, 3.63) is 17.1 Å². The second kappa shape index (κ2) is 6.41. The summed E-state index contributed by atoms with van der Waals surface area (Å²) < 4.78 is 0. The van der Waals surface area contributed by atoms with Crippen molar-refractivity contribution in [2.24, 2.45) is 0 Å². The molecule has 2 rings (SSSR count). The molecule has 1 aromatic heterocycles. The monoisotopic (exact) mass is 265 g/mol. The molecule has 1 aromatic rings. The minimum absolute atomic E-state index is 0.683. The third-order valence-corrected chi connectivity index (χ3v) is 4.87. The lowest BCUT2D eigenvalue weighted by molar-refractivity contribution is 0.659. The fourth-order valence-electron chi connectivity index (χ4n) is 2.25. The van der Waals surface area contributed by atoms with Gasteiger partial charge in [-0.15, -0.1) is 0 Å². The molecule has 0 amide bonds. The van der Waals surface area contributed by atoms with Crippen molar-refractivity contribution in [1.82, 2.24) is 9.97 Å². The SMILES string of the molecule is CCC(C)SCc1nc2c(c(NC)n1)CCCC2. The first kappa shape index (κ1) is 13.7. The van der Waals surface area contributed by atoms with E-state index in [9.17, 15) is 0 Å². The van der Waals surface area contributed by atoms with Crippen molar-refractivity contribution in [2.75, 3.05) is 12.4 Å². The zero-order valence-corrected chi connectivity index (χ0v) is 12.4. The van der Waals surface area contributed by atoms with Crippen LogP contribution in [-0.4, -0.2) is 22.3 Å². The van der Waals surface area contributed by atoms with Crippen LogP contribution in [-0.2, 0) is 18.6 Å². The van der Waals surface area contributed by atoms with Crippen molar-refractivity contribution < 1.29 is 0 Å². The normalized spacial score (nSPS) is 16.2. The van der Waals surface area contributed by atoms with Crippen molar-refractivity contribution in [2.45, 2.75) is 57.0 Å². The maximum atomic E-state index is 4.76. The summed E-state index contributed by atoms with van der Waals surface area (Å²) in [6.45, 7) is 4.49. The van der Waals surface area contributed by atoms with Crippen LogP contribution < -0.4 is 5.32 Å². The lowest BCUT2D eigenvalue weighted by Gasteiger charge is -2.19. The van der Waals surface area contributed by atoms with E-state index in [0.29, 0.717) is 5.25 Å². The first-order chi connectivity index (χ1) is 8.74. The number of rotatable bonds is 5. The Labute approximate surface area is 114 Å². The molecule has 1 heterocycles. The van der Waals surface area contributed by atoms with Crippen LogP contribution >= 0.6 is 11.8 Å². The lowest BCUT2D eigenvalue weighted by Crippen LogP contribution is -2.13. The van der Waals surface area contributed by atoms with Crippen LogP contribution in [0.4, 0.5) is 5.82 Å². The molecule has 1 unspecified atom stereocenters. The number of thioether (sulfide) groups is 1. The van der Waals surface area contributed by atoms with Crippen LogP contribution in [0, 0.1) is 0 Å². The molecule has 0 saturated heterocycles. The van der Waals surface area contributed by atoms with Crippen molar-refractivity contribution >= 4 is 17.6 Å². The average Bonchev–Trinajstić information content (AvgIpc) is 2.43. The Hall–Kier alpha value is -0.770. The van der Waals surface area contributed by atoms with Gasteiger partial charge in [-0.25, -0.2) is 9.97 Å². The van der Waals surface area contributed by atoms with Gasteiger partial charge < -0.3 is 5.32 Å². The molecule has 0 aliphatic heterocycles. The van der Waals surface area contributed by atoms with E-state index < -0.39 is 0 Å². The predicted octanol–water partition coefficient (Wildman–Crippen LogP) is 3.43. The maximum Gasteiger partial charge on any atom is 0.140 e. The van der Waals surface area contributed by atoms with Crippen LogP contribution in [0.5, 0.6) is 0 Å². The van der Waals surface area contributed by atoms with Crippen molar-refractivity contribution in [1.29, 1.82) is 0 Å². The number of hydrogen-bond acceptors (Lipinski definition) is 4. The van der Waals surface area contributed by atoms with Crippen LogP contribution in [0.2, 0.25) is 0 Å². The Balaban J connectivity index is 2.16. The van der Waals surface area contributed by atoms with Gasteiger partial charge in [0.1, 0.15) is 11.6 Å². The summed E-state index contributed by atoms with van der Waals surface area (Å²) in [7, 11) is 1.96. The van der Waals surface area contributed by atoms with Gasteiger partial charge in [-0.3, -0.25) is 0 Å². The van der Waals surface area contributed by atoms with E-state index in [1.807, 2.05) is 18.8 Å². The lowest BCUT2D eigenvalue weighted by atomic mass is 9.96. The molecule has 4 heteroatoms. The molecule has 1 N–H and O–H groups in total. The fraction of sp³-hybridized carbons (Fsp3) is 0.714. The number of fused-ring (bicyclic) bond motifs is 1. The number of aryl methyl sites for hydroxylation is 1. The molecule has 0 spiro atoms. The third-order valence-electron chi connectivity index (χ3n) is 3.54. The minimum atomic E-state index is 0.683. The third kappa shape index (κ3) is 3.16. The Morgan fingerprint density at radius 1 is 1.28 bits per heavy atom. The molecule has 18 heavy (non-hydrogen) atoms. The Morgan fingerprint density at radius 2 is 2.06 bits per heavy atom. The fourth-order valence-corrected chi connectivity index (χ4v) is 3.05. The zero-order valence-electron chi connectivity index (χ0n) is 11.6. The molecule has 0 aromatic carbocycles. The summed E-state index contributed by atoms with van der Waals surface area (Å²) in [5.74, 6) is 2.97. The Kier molecular flexibility index (Phi) is 4.87. The zero-order chi connectivity index (χ0) is 13.0. The highest BCUT2D eigenvalue weighted by molar-refractivity contribution is 7.99. The number of anilines is 1. The molecule has 0 bridgehead atoms. The molecule has 0 saturated carbocycles. The second-order valence-corrected chi connectivity index (χ2v) is 6.33. The average molecular weight is 265 g/mol. The van der Waals surface area contributed by atoms with Gasteiger partial charge in [-0.2, -0.15) is 11.8 Å². The molecule has 1 aliphatic carbocycles. The van der Waals surface area contributed by atoms with E-state index in [1.54, 1.807) is 0 Å². The first-order valence-corrected chi connectivity index (χ1v) is 7.97. The smallest absolute Gasteiger partial charge is 0.140 e. The molecule has 1 aliphatic rings. The molecule has 3 nitrogen and oxygen atoms in total. The summed E-state index contributed by atoms with van der Waals surface area (Å²) in [6.07, 6.45) is 5.99. The van der Waals surface area contributed by atoms with Crippen LogP contribution in [0.3, 0.4) is 0 Å². The summed E-state index contributed by atoms with van der Waals surface area (Å²) in [5.41, 5.74) is 2.63. The van der Waals surface area contributed by atoms with E-state index >= 15 is 0 Å². The van der Waals surface area contributed by atoms with E-state index in [0.717, 1.165) is 30.2 Å². The van der Waals surface area contributed by atoms with Gasteiger partial charge in [0.25, 0.3) is 0 Å². The topological polar surface area (TPSA) is 37.8 Å². The van der Waals surface area contributed by atoms with E-state index in [4.69, 9.17) is 4.98 Å². The minimum Gasteiger partial charge on any atom is -0.373 e. The van der Waals surface area contributed by atoms with Gasteiger partial charge in [0.2, 0.25) is 0 Å². The van der Waals surface area contributed by atoms with Gasteiger partial charge in [0, 0.05) is 23.6 Å². The number of nitrogens with one attached hydrogen (secondary N) is 1. The number of hydrogen-bond donors (Lipinski definition) is 1. The van der Waals surface area contributed by atoms with Crippen LogP contribution in [0.25, 0.3) is 0 Å². The van der Waals surface area contributed by atoms with Crippen molar-refractivity contribution in [3.8, 4) is 0 Å². The molecule has 0 fully saturated rings. The quantitative estimate of drug-likeness (QED) is 0.885. The Bertz CT molecular complexity index is 389. The second-order valence-electron chi connectivity index (χ2n) is 4.90. The first-order valence-electron chi connectivity index (χ1n) is 6.92. The standard InChI is InChI=1S/C14H23N3S/c1-4-10(2)18-9-13-16-12-8-6-5-7-11(12)14(15-3)17-13/h10H,4-9H2,1-3H3,(H,15,16,17). The number of aromatic nitrogens is 2. The van der Waals surface area contributed by atoms with Crippen molar-refractivity contribution in [3.63, 3.8) is 0 Å². The molecule has 100 valence electrons. The van der Waals surface area contributed by atoms with Gasteiger partial charge in [0.05, 0.1) is 5.75 Å². The molecular weight excluding hydrogens is 242 g/mol. The largest absolute Gasteiger partial charge is 0.373 e. The maximum absolute atomic E-state index is 4.76. The summed E-state index contributed by atoms with van der Waals surface area (Å²) >= 11 is 1.95. The van der Waals surface area contributed by atoms with Gasteiger partial charge >= 0.3 is 0 Å². The highest BCUT2D eigenvalue weighted by Gasteiger charge is 2.17. The Morgan fingerprint density at radius 3 is 2.78 bits per heavy atom. The van der Waals surface area contributed by atoms with Crippen LogP contribution in [0.15, 0.2) is 0 Å². The van der Waals surface area contributed by atoms with Gasteiger partial charge in [-0.1, -0.05) is 13.8 Å². The van der Waals surface area contributed by atoms with E-state index in [1.165, 1.54) is 30.5 Å². The van der Waals surface area contributed by atoms with Gasteiger partial charge in [-0.05, 0) is 32.1 Å². The summed E-state index contributed by atoms with van der Waals surface area (Å²) in [4.78, 5) is 9.42. The van der Waals surface area contributed by atoms with Gasteiger partial charge in [0.15, 0.2) is 0 Å². The highest BCUT2D eigenvalue weighted by Crippen LogP contribution is 2.27. The van der Waals surface area contributed by atoms with Crippen LogP contribution in [0.1, 0.15) is 50.2 Å². The van der Waals surface area contributed by atoms with E-state index in [-0.39, 0.29) is 0 Å². The summed E-state index contributed by atoms with van der Waals surface area (Å²) in [6, 6.07) is 0. The van der Waals surface area contributed by atoms with E-state index in [2.05, 4.69) is 24.1 Å². The molecule has 0 radical (unpaired) electrons. The molecule has 1 atom stereocenters. The number of nitrogens with zero attached hydrogens (tertiary/aromatic N) is 2. The predicted molar refractivity (Wildman–Crippen MR) is 79.3 cm³/mol. The highest BCUT2D eigenvalue weighted by atomic mass is 32.2. The molecular formula is C14H23N3S.